The van der Waals surface area contributed by atoms with Gasteiger partial charge in [0, 0.05) is 10.0 Å². The minimum Gasteiger partial charge on any atom is -0.288 e. The van der Waals surface area contributed by atoms with Crippen LogP contribution >= 0.6 is 27.5 Å². The topological polar surface area (TPSA) is 17.1 Å². The van der Waals surface area contributed by atoms with Crippen molar-refractivity contribution in [2.45, 2.75) is 19.3 Å². The molecule has 1 aliphatic carbocycles. The summed E-state index contributed by atoms with van der Waals surface area (Å²) in [5.74, 6) is -1.00. The Balaban J connectivity index is 2.03. The average Bonchev–Trinajstić information content (AvgIpc) is 2.91. The summed E-state index contributed by atoms with van der Waals surface area (Å²) in [5.41, 5.74) is 3.01. The van der Waals surface area contributed by atoms with Crippen molar-refractivity contribution >= 4 is 33.3 Å². The van der Waals surface area contributed by atoms with E-state index in [0.29, 0.717) is 10.0 Å². The summed E-state index contributed by atoms with van der Waals surface area (Å²) in [6.07, 6.45) is 3.16. The molecule has 0 fully saturated rings. The van der Waals surface area contributed by atoms with Crippen molar-refractivity contribution < 1.29 is 9.18 Å². The molecule has 1 aliphatic rings. The molecule has 0 radical (unpaired) electrons. The SMILES string of the molecule is O=C(c1ccc2c(c1)CCC2)c1ccc(Br)c(Cl)c1F. The molecule has 0 N–H and O–H groups in total. The molecule has 0 saturated carbocycles. The van der Waals surface area contributed by atoms with E-state index in [-0.39, 0.29) is 16.4 Å². The molecule has 0 spiro atoms. The highest BCUT2D eigenvalue weighted by Gasteiger charge is 2.20. The van der Waals surface area contributed by atoms with Crippen molar-refractivity contribution in [1.29, 1.82) is 0 Å². The Morgan fingerprint density at radius 3 is 2.70 bits per heavy atom. The predicted octanol–water partition coefficient (Wildman–Crippen LogP) is 4.96. The molecule has 0 aromatic heterocycles. The third-order valence-electron chi connectivity index (χ3n) is 3.64. The van der Waals surface area contributed by atoms with Crippen molar-refractivity contribution in [1.82, 2.24) is 0 Å². The first-order valence-electron chi connectivity index (χ1n) is 6.38. The lowest BCUT2D eigenvalue weighted by molar-refractivity contribution is 0.103. The number of carbonyl (C=O) groups excluding carboxylic acids is 1. The van der Waals surface area contributed by atoms with Crippen molar-refractivity contribution in [3.05, 3.63) is 67.9 Å². The molecule has 0 amide bonds. The van der Waals surface area contributed by atoms with Crippen molar-refractivity contribution in [3.63, 3.8) is 0 Å². The van der Waals surface area contributed by atoms with E-state index in [1.165, 1.54) is 17.2 Å². The van der Waals surface area contributed by atoms with E-state index < -0.39 is 5.82 Å². The third kappa shape index (κ3) is 2.29. The minimum absolute atomic E-state index is 0.0103. The summed E-state index contributed by atoms with van der Waals surface area (Å²) in [6.45, 7) is 0. The van der Waals surface area contributed by atoms with Crippen LogP contribution in [0, 0.1) is 5.82 Å². The molecule has 102 valence electrons. The zero-order valence-corrected chi connectivity index (χ0v) is 12.9. The molecule has 0 unspecified atom stereocenters. The van der Waals surface area contributed by atoms with Crippen molar-refractivity contribution in [2.75, 3.05) is 0 Å². The van der Waals surface area contributed by atoms with Crippen molar-refractivity contribution in [3.8, 4) is 0 Å². The standard InChI is InChI=1S/C16H11BrClFO/c17-13-7-6-12(15(19)14(13)18)16(20)11-5-4-9-2-1-3-10(9)8-11/h4-8H,1-3H2. The second-order valence-electron chi connectivity index (χ2n) is 4.89. The van der Waals surface area contributed by atoms with Gasteiger partial charge < -0.3 is 0 Å². The fourth-order valence-corrected chi connectivity index (χ4v) is 3.04. The van der Waals surface area contributed by atoms with Crippen LogP contribution in [-0.4, -0.2) is 5.78 Å². The van der Waals surface area contributed by atoms with E-state index >= 15 is 0 Å². The lowest BCUT2D eigenvalue weighted by Gasteiger charge is -2.07. The van der Waals surface area contributed by atoms with Gasteiger partial charge in [0.05, 0.1) is 10.6 Å². The first-order chi connectivity index (χ1) is 9.58. The quantitative estimate of drug-likeness (QED) is 0.551. The van der Waals surface area contributed by atoms with Gasteiger partial charge in [-0.3, -0.25) is 4.79 Å². The van der Waals surface area contributed by atoms with Gasteiger partial charge in [0.15, 0.2) is 11.6 Å². The summed E-state index contributed by atoms with van der Waals surface area (Å²) >= 11 is 8.98. The van der Waals surface area contributed by atoms with Crippen LogP contribution in [0.4, 0.5) is 4.39 Å². The number of ketones is 1. The normalized spacial score (nSPS) is 13.3. The molecular weight excluding hydrogens is 343 g/mol. The number of benzene rings is 2. The Hall–Kier alpha value is -1.19. The molecule has 20 heavy (non-hydrogen) atoms. The van der Waals surface area contributed by atoms with Gasteiger partial charge in [0.2, 0.25) is 0 Å². The maximum Gasteiger partial charge on any atom is 0.196 e. The molecule has 0 aliphatic heterocycles. The molecule has 0 heterocycles. The van der Waals surface area contributed by atoms with Crippen LogP contribution < -0.4 is 0 Å². The van der Waals surface area contributed by atoms with Crippen LogP contribution in [0.3, 0.4) is 0 Å². The molecule has 1 nitrogen and oxygen atoms in total. The summed E-state index contributed by atoms with van der Waals surface area (Å²) in [6, 6.07) is 8.66. The van der Waals surface area contributed by atoms with Crippen LogP contribution in [0.1, 0.15) is 33.5 Å². The monoisotopic (exact) mass is 352 g/mol. The first kappa shape index (κ1) is 13.8. The number of fused-ring (bicyclic) bond motifs is 1. The molecule has 0 bridgehead atoms. The first-order valence-corrected chi connectivity index (χ1v) is 7.55. The Bertz CT molecular complexity index is 712. The highest BCUT2D eigenvalue weighted by Crippen LogP contribution is 2.30. The second kappa shape index (κ2) is 5.30. The van der Waals surface area contributed by atoms with Gasteiger partial charge in [-0.05, 0) is 64.5 Å². The minimum atomic E-state index is -0.674. The fraction of sp³-hybridized carbons (Fsp3) is 0.188. The average molecular weight is 354 g/mol. The third-order valence-corrected chi connectivity index (χ3v) is 4.90. The van der Waals surface area contributed by atoms with Crippen LogP contribution in [0.5, 0.6) is 0 Å². The predicted molar refractivity (Wildman–Crippen MR) is 81.0 cm³/mol. The molecule has 2 aromatic carbocycles. The zero-order valence-electron chi connectivity index (χ0n) is 10.6. The fourth-order valence-electron chi connectivity index (χ4n) is 2.57. The van der Waals surface area contributed by atoms with E-state index in [0.717, 1.165) is 19.3 Å². The molecule has 0 saturated heterocycles. The Morgan fingerprint density at radius 1 is 1.15 bits per heavy atom. The van der Waals surface area contributed by atoms with E-state index in [1.807, 2.05) is 12.1 Å². The summed E-state index contributed by atoms with van der Waals surface area (Å²) in [4.78, 5) is 12.4. The number of carbonyl (C=O) groups is 1. The van der Waals surface area contributed by atoms with Gasteiger partial charge in [-0.2, -0.15) is 0 Å². The second-order valence-corrected chi connectivity index (χ2v) is 6.12. The summed E-state index contributed by atoms with van der Waals surface area (Å²) in [7, 11) is 0. The van der Waals surface area contributed by atoms with Gasteiger partial charge in [-0.1, -0.05) is 23.7 Å². The van der Waals surface area contributed by atoms with Crippen LogP contribution in [0.15, 0.2) is 34.8 Å². The van der Waals surface area contributed by atoms with Gasteiger partial charge in [0.1, 0.15) is 0 Å². The lowest BCUT2D eigenvalue weighted by atomic mass is 9.99. The van der Waals surface area contributed by atoms with Gasteiger partial charge >= 0.3 is 0 Å². The van der Waals surface area contributed by atoms with Crippen LogP contribution in [0.25, 0.3) is 0 Å². The molecule has 4 heteroatoms. The summed E-state index contributed by atoms with van der Waals surface area (Å²) in [5, 5.41) is -0.0583. The van der Waals surface area contributed by atoms with Crippen LogP contribution in [0.2, 0.25) is 5.02 Å². The highest BCUT2D eigenvalue weighted by molar-refractivity contribution is 9.10. The summed E-state index contributed by atoms with van der Waals surface area (Å²) < 4.78 is 14.5. The zero-order chi connectivity index (χ0) is 14.3. The van der Waals surface area contributed by atoms with Crippen molar-refractivity contribution in [2.24, 2.45) is 0 Å². The Labute approximate surface area is 129 Å². The lowest BCUT2D eigenvalue weighted by Crippen LogP contribution is -2.05. The smallest absolute Gasteiger partial charge is 0.196 e. The van der Waals surface area contributed by atoms with Gasteiger partial charge in [-0.15, -0.1) is 0 Å². The number of hydrogen-bond acceptors (Lipinski definition) is 1. The highest BCUT2D eigenvalue weighted by atomic mass is 79.9. The number of rotatable bonds is 2. The number of hydrogen-bond donors (Lipinski definition) is 0. The van der Waals surface area contributed by atoms with E-state index in [1.54, 1.807) is 12.1 Å². The van der Waals surface area contributed by atoms with Gasteiger partial charge in [-0.25, -0.2) is 4.39 Å². The largest absolute Gasteiger partial charge is 0.288 e. The van der Waals surface area contributed by atoms with Gasteiger partial charge in [0.25, 0.3) is 0 Å². The van der Waals surface area contributed by atoms with E-state index in [2.05, 4.69) is 15.9 Å². The number of halogens is 3. The molecular formula is C16H11BrClFO. The molecule has 0 atom stereocenters. The Kier molecular flexibility index (Phi) is 3.65. The van der Waals surface area contributed by atoms with E-state index in [9.17, 15) is 9.18 Å². The van der Waals surface area contributed by atoms with Crippen LogP contribution in [-0.2, 0) is 12.8 Å². The van der Waals surface area contributed by atoms with E-state index in [4.69, 9.17) is 11.6 Å². The molecule has 3 rings (SSSR count). The Morgan fingerprint density at radius 2 is 1.90 bits per heavy atom. The maximum atomic E-state index is 14.1. The maximum absolute atomic E-state index is 14.1. The number of aryl methyl sites for hydroxylation is 2. The molecule has 2 aromatic rings.